The molecule has 154 valence electrons. The number of amides is 1. The van der Waals surface area contributed by atoms with E-state index in [1.165, 1.54) is 17.5 Å². The molecule has 30 heavy (non-hydrogen) atoms. The Balaban J connectivity index is 1.37. The van der Waals surface area contributed by atoms with Gasteiger partial charge in [-0.05, 0) is 52.4 Å². The van der Waals surface area contributed by atoms with Crippen LogP contribution < -0.4 is 0 Å². The molecule has 0 fully saturated rings. The first-order valence-corrected chi connectivity index (χ1v) is 10.0. The third-order valence-corrected chi connectivity index (χ3v) is 5.56. The van der Waals surface area contributed by atoms with Crippen LogP contribution in [-0.4, -0.2) is 23.9 Å². The van der Waals surface area contributed by atoms with Crippen molar-refractivity contribution >= 4 is 22.3 Å². The van der Waals surface area contributed by atoms with E-state index in [2.05, 4.69) is 30.3 Å². The maximum Gasteiger partial charge on any atom is 0.416 e. The highest BCUT2D eigenvalue weighted by molar-refractivity contribution is 5.83. The highest BCUT2D eigenvalue weighted by atomic mass is 19.4. The molecule has 4 rings (SSSR count). The Morgan fingerprint density at radius 3 is 2.47 bits per heavy atom. The molecule has 0 atom stereocenters. The van der Waals surface area contributed by atoms with Gasteiger partial charge in [0.05, 0.1) is 5.56 Å². The molecule has 0 saturated carbocycles. The highest BCUT2D eigenvalue weighted by Crippen LogP contribution is 2.32. The molecule has 0 N–H and O–H groups in total. The lowest BCUT2D eigenvalue weighted by molar-refractivity contribution is -0.137. The second-order valence-electron chi connectivity index (χ2n) is 7.58. The van der Waals surface area contributed by atoms with Gasteiger partial charge in [-0.25, -0.2) is 0 Å². The largest absolute Gasteiger partial charge is 0.416 e. The molecule has 3 aromatic carbocycles. The molecule has 0 bridgehead atoms. The van der Waals surface area contributed by atoms with E-state index in [4.69, 9.17) is 0 Å². The number of carbonyl (C=O) groups excluding carboxylic acids is 1. The summed E-state index contributed by atoms with van der Waals surface area (Å²) in [4.78, 5) is 14.4. The fourth-order valence-electron chi connectivity index (χ4n) is 3.86. The van der Waals surface area contributed by atoms with E-state index >= 15 is 0 Å². The molecule has 0 spiro atoms. The highest BCUT2D eigenvalue weighted by Gasteiger charge is 2.30. The van der Waals surface area contributed by atoms with Crippen molar-refractivity contribution in [3.05, 3.63) is 89.5 Å². The molecule has 0 aromatic heterocycles. The lowest BCUT2D eigenvalue weighted by atomic mass is 9.97. The standard InChI is InChI=1S/C25H22F3NO/c26-25(27,28)23-7-3-6-22(17-23)20-12-14-29(15-13-20)24(30)11-9-18-8-10-19-4-1-2-5-21(19)16-18/h1-8,10,12,16-17H,9,11,13-15H2. The zero-order valence-electron chi connectivity index (χ0n) is 16.5. The van der Waals surface area contributed by atoms with Crippen molar-refractivity contribution in [1.29, 1.82) is 0 Å². The SMILES string of the molecule is O=C(CCc1ccc2ccccc2c1)N1CC=C(c2cccc(C(F)(F)F)c2)CC1. The topological polar surface area (TPSA) is 20.3 Å². The molecule has 0 radical (unpaired) electrons. The molecule has 1 amide bonds. The molecule has 0 aliphatic carbocycles. The van der Waals surface area contributed by atoms with Gasteiger partial charge in [0.1, 0.15) is 0 Å². The predicted octanol–water partition coefficient (Wildman–Crippen LogP) is 6.11. The molecule has 1 heterocycles. The Morgan fingerprint density at radius 1 is 0.933 bits per heavy atom. The number of rotatable bonds is 4. The molecule has 1 aliphatic heterocycles. The van der Waals surface area contributed by atoms with Gasteiger partial charge in [-0.2, -0.15) is 13.2 Å². The molecule has 0 saturated heterocycles. The summed E-state index contributed by atoms with van der Waals surface area (Å²) < 4.78 is 38.8. The third-order valence-electron chi connectivity index (χ3n) is 5.56. The van der Waals surface area contributed by atoms with Crippen LogP contribution in [0.25, 0.3) is 16.3 Å². The van der Waals surface area contributed by atoms with Gasteiger partial charge >= 0.3 is 6.18 Å². The number of aryl methyl sites for hydroxylation is 1. The Morgan fingerprint density at radius 2 is 1.73 bits per heavy atom. The fraction of sp³-hybridized carbons (Fsp3) is 0.240. The first-order chi connectivity index (χ1) is 14.4. The average Bonchev–Trinajstić information content (AvgIpc) is 2.77. The average molecular weight is 409 g/mol. The van der Waals surface area contributed by atoms with Crippen LogP contribution in [0.2, 0.25) is 0 Å². The molecule has 2 nitrogen and oxygen atoms in total. The number of fused-ring (bicyclic) bond motifs is 1. The summed E-state index contributed by atoms with van der Waals surface area (Å²) in [6, 6.07) is 19.7. The van der Waals surface area contributed by atoms with Crippen molar-refractivity contribution in [2.24, 2.45) is 0 Å². The summed E-state index contributed by atoms with van der Waals surface area (Å²) in [6.07, 6.45) is -0.832. The Kier molecular flexibility index (Phi) is 5.62. The lowest BCUT2D eigenvalue weighted by Gasteiger charge is -2.27. The van der Waals surface area contributed by atoms with Crippen molar-refractivity contribution in [1.82, 2.24) is 4.90 Å². The first kappa shape index (κ1) is 20.2. The van der Waals surface area contributed by atoms with Crippen molar-refractivity contribution in [3.8, 4) is 0 Å². The van der Waals surface area contributed by atoms with Gasteiger partial charge in [0.2, 0.25) is 5.91 Å². The summed E-state index contributed by atoms with van der Waals surface area (Å²) in [5.41, 5.74) is 1.92. The van der Waals surface area contributed by atoms with Crippen molar-refractivity contribution in [2.75, 3.05) is 13.1 Å². The normalized spacial score (nSPS) is 14.6. The minimum absolute atomic E-state index is 0.0718. The number of carbonyl (C=O) groups is 1. The molecular formula is C25H22F3NO. The lowest BCUT2D eigenvalue weighted by Crippen LogP contribution is -2.34. The Hall–Kier alpha value is -3.08. The van der Waals surface area contributed by atoms with Crippen LogP contribution in [0.3, 0.4) is 0 Å². The van der Waals surface area contributed by atoms with Gasteiger partial charge < -0.3 is 4.90 Å². The summed E-state index contributed by atoms with van der Waals surface area (Å²) in [5.74, 6) is 0.0718. The van der Waals surface area contributed by atoms with Crippen LogP contribution in [0.4, 0.5) is 13.2 Å². The van der Waals surface area contributed by atoms with E-state index < -0.39 is 11.7 Å². The first-order valence-electron chi connectivity index (χ1n) is 10.0. The maximum absolute atomic E-state index is 12.9. The number of benzene rings is 3. The van der Waals surface area contributed by atoms with Gasteiger partial charge in [-0.3, -0.25) is 4.79 Å². The molecule has 3 aromatic rings. The van der Waals surface area contributed by atoms with Crippen LogP contribution in [0.15, 0.2) is 72.8 Å². The zero-order valence-corrected chi connectivity index (χ0v) is 16.5. The number of alkyl halides is 3. The van der Waals surface area contributed by atoms with Crippen LogP contribution in [0.1, 0.15) is 29.5 Å². The van der Waals surface area contributed by atoms with Gasteiger partial charge in [-0.1, -0.05) is 60.7 Å². The number of hydrogen-bond acceptors (Lipinski definition) is 1. The van der Waals surface area contributed by atoms with Crippen LogP contribution in [0.5, 0.6) is 0 Å². The molecular weight excluding hydrogens is 387 g/mol. The summed E-state index contributed by atoms with van der Waals surface area (Å²) in [7, 11) is 0. The van der Waals surface area contributed by atoms with E-state index in [1.54, 1.807) is 11.0 Å². The van der Waals surface area contributed by atoms with E-state index in [-0.39, 0.29) is 5.91 Å². The van der Waals surface area contributed by atoms with Crippen LogP contribution >= 0.6 is 0 Å². The second kappa shape index (κ2) is 8.34. The number of nitrogens with zero attached hydrogens (tertiary/aromatic N) is 1. The molecule has 1 aliphatic rings. The summed E-state index contributed by atoms with van der Waals surface area (Å²) in [6.45, 7) is 0.959. The molecule has 0 unspecified atom stereocenters. The van der Waals surface area contributed by atoms with Gasteiger partial charge in [0.25, 0.3) is 0 Å². The maximum atomic E-state index is 12.9. The van der Waals surface area contributed by atoms with Crippen LogP contribution in [-0.2, 0) is 17.4 Å². The van der Waals surface area contributed by atoms with E-state index in [9.17, 15) is 18.0 Å². The summed E-state index contributed by atoms with van der Waals surface area (Å²) in [5, 5.41) is 2.34. The predicted molar refractivity (Wildman–Crippen MR) is 113 cm³/mol. The smallest absolute Gasteiger partial charge is 0.339 e. The Labute approximate surface area is 173 Å². The van der Waals surface area contributed by atoms with Crippen molar-refractivity contribution in [3.63, 3.8) is 0 Å². The van der Waals surface area contributed by atoms with Crippen molar-refractivity contribution < 1.29 is 18.0 Å². The molecule has 5 heteroatoms. The Bertz CT molecular complexity index is 1100. The zero-order chi connectivity index (χ0) is 21.1. The minimum atomic E-state index is -4.35. The van der Waals surface area contributed by atoms with Crippen molar-refractivity contribution in [2.45, 2.75) is 25.4 Å². The number of halogens is 3. The van der Waals surface area contributed by atoms with Gasteiger partial charge in [-0.15, -0.1) is 0 Å². The quantitative estimate of drug-likeness (QED) is 0.509. The fourth-order valence-corrected chi connectivity index (χ4v) is 3.86. The number of hydrogen-bond donors (Lipinski definition) is 0. The minimum Gasteiger partial charge on any atom is -0.339 e. The van der Waals surface area contributed by atoms with Crippen LogP contribution in [0, 0.1) is 0 Å². The summed E-state index contributed by atoms with van der Waals surface area (Å²) >= 11 is 0. The van der Waals surface area contributed by atoms with Gasteiger partial charge in [0, 0.05) is 19.5 Å². The van der Waals surface area contributed by atoms with E-state index in [0.29, 0.717) is 37.9 Å². The third kappa shape index (κ3) is 4.56. The second-order valence-corrected chi connectivity index (χ2v) is 7.58. The van der Waals surface area contributed by atoms with Gasteiger partial charge in [0.15, 0.2) is 0 Å². The van der Waals surface area contributed by atoms with E-state index in [0.717, 1.165) is 22.6 Å². The monoisotopic (exact) mass is 409 g/mol. The van der Waals surface area contributed by atoms with E-state index in [1.807, 2.05) is 18.2 Å².